The number of ether oxygens (including phenoxy) is 1. The topological polar surface area (TPSA) is 64.4 Å². The second kappa shape index (κ2) is 7.53. The van der Waals surface area contributed by atoms with E-state index in [-0.39, 0.29) is 11.3 Å². The van der Waals surface area contributed by atoms with E-state index in [2.05, 4.69) is 10.3 Å². The van der Waals surface area contributed by atoms with Gasteiger partial charge in [-0.2, -0.15) is 0 Å². The van der Waals surface area contributed by atoms with E-state index in [1.165, 1.54) is 12.8 Å². The molecule has 5 heteroatoms. The molecular formula is C22H24N2O3. The van der Waals surface area contributed by atoms with Crippen molar-refractivity contribution in [3.05, 3.63) is 54.4 Å². The SMILES string of the molecule is CCOCC1(CNC(=O)c2cccc(-c3ccc4ocnc4c3)c2)CCC1. The average Bonchev–Trinajstić information content (AvgIpc) is 3.14. The molecule has 1 saturated carbocycles. The molecule has 0 saturated heterocycles. The summed E-state index contributed by atoms with van der Waals surface area (Å²) in [6.45, 7) is 4.11. The first kappa shape index (κ1) is 17.7. The van der Waals surface area contributed by atoms with Crippen LogP contribution in [0, 0.1) is 5.41 Å². The lowest BCUT2D eigenvalue weighted by molar-refractivity contribution is -0.000182. The van der Waals surface area contributed by atoms with E-state index in [1.54, 1.807) is 0 Å². The predicted octanol–water partition coefficient (Wildman–Crippen LogP) is 4.43. The van der Waals surface area contributed by atoms with Gasteiger partial charge < -0.3 is 14.5 Å². The third-order valence-electron chi connectivity index (χ3n) is 5.44. The van der Waals surface area contributed by atoms with E-state index in [0.717, 1.165) is 41.7 Å². The summed E-state index contributed by atoms with van der Waals surface area (Å²) in [6.07, 6.45) is 4.88. The Morgan fingerprint density at radius 1 is 1.22 bits per heavy atom. The van der Waals surface area contributed by atoms with Gasteiger partial charge in [0.1, 0.15) is 5.52 Å². The molecule has 1 aliphatic rings. The molecule has 5 nitrogen and oxygen atoms in total. The van der Waals surface area contributed by atoms with Crippen LogP contribution in [0.4, 0.5) is 0 Å². The highest BCUT2D eigenvalue weighted by atomic mass is 16.5. The zero-order valence-corrected chi connectivity index (χ0v) is 15.5. The maximum absolute atomic E-state index is 12.7. The normalized spacial score (nSPS) is 15.4. The van der Waals surface area contributed by atoms with Gasteiger partial charge in [0.2, 0.25) is 0 Å². The molecule has 1 amide bonds. The van der Waals surface area contributed by atoms with Crippen molar-refractivity contribution < 1.29 is 13.9 Å². The van der Waals surface area contributed by atoms with E-state index in [0.29, 0.717) is 18.7 Å². The Balaban J connectivity index is 1.47. The van der Waals surface area contributed by atoms with Gasteiger partial charge in [0.15, 0.2) is 12.0 Å². The van der Waals surface area contributed by atoms with Crippen molar-refractivity contribution in [1.82, 2.24) is 10.3 Å². The Morgan fingerprint density at radius 2 is 2.07 bits per heavy atom. The summed E-state index contributed by atoms with van der Waals surface area (Å²) in [7, 11) is 0. The van der Waals surface area contributed by atoms with Crippen LogP contribution in [0.5, 0.6) is 0 Å². The minimum absolute atomic E-state index is 0.0397. The van der Waals surface area contributed by atoms with Gasteiger partial charge in [0.05, 0.1) is 6.61 Å². The number of amides is 1. The number of hydrogen-bond acceptors (Lipinski definition) is 4. The van der Waals surface area contributed by atoms with Gasteiger partial charge in [-0.05, 0) is 55.2 Å². The van der Waals surface area contributed by atoms with E-state index in [9.17, 15) is 4.79 Å². The van der Waals surface area contributed by atoms with Crippen molar-refractivity contribution in [2.75, 3.05) is 19.8 Å². The lowest BCUT2D eigenvalue weighted by Crippen LogP contribution is -2.45. The van der Waals surface area contributed by atoms with E-state index in [1.807, 2.05) is 49.4 Å². The number of oxazole rings is 1. The first-order valence-electron chi connectivity index (χ1n) is 9.49. The fraction of sp³-hybridized carbons (Fsp3) is 0.364. The molecule has 3 aromatic rings. The van der Waals surface area contributed by atoms with Crippen molar-refractivity contribution in [2.24, 2.45) is 5.41 Å². The zero-order chi connectivity index (χ0) is 18.7. The van der Waals surface area contributed by atoms with Crippen molar-refractivity contribution in [3.8, 4) is 11.1 Å². The summed E-state index contributed by atoms with van der Waals surface area (Å²) < 4.78 is 10.9. The molecule has 140 valence electrons. The number of fused-ring (bicyclic) bond motifs is 1. The molecule has 0 spiro atoms. The fourth-order valence-corrected chi connectivity index (χ4v) is 3.61. The molecule has 1 N–H and O–H groups in total. The lowest BCUT2D eigenvalue weighted by Gasteiger charge is -2.41. The molecule has 0 radical (unpaired) electrons. The molecule has 0 atom stereocenters. The van der Waals surface area contributed by atoms with Gasteiger partial charge in [0.25, 0.3) is 5.91 Å². The molecule has 4 rings (SSSR count). The zero-order valence-electron chi connectivity index (χ0n) is 15.5. The fourth-order valence-electron chi connectivity index (χ4n) is 3.61. The molecule has 1 aromatic heterocycles. The highest BCUT2D eigenvalue weighted by Crippen LogP contribution is 2.40. The van der Waals surface area contributed by atoms with Crippen molar-refractivity contribution in [1.29, 1.82) is 0 Å². The van der Waals surface area contributed by atoms with Gasteiger partial charge in [-0.15, -0.1) is 0 Å². The van der Waals surface area contributed by atoms with Crippen LogP contribution in [0.25, 0.3) is 22.2 Å². The Kier molecular flexibility index (Phi) is 4.94. The number of benzene rings is 2. The van der Waals surface area contributed by atoms with Crippen LogP contribution in [0.2, 0.25) is 0 Å². The standard InChI is InChI=1S/C22H24N2O3/c1-2-26-14-22(9-4-10-22)13-23-21(25)18-6-3-5-16(11-18)17-7-8-20-19(12-17)24-15-27-20/h3,5-8,11-12,15H,2,4,9-10,13-14H2,1H3,(H,23,25). The molecular weight excluding hydrogens is 340 g/mol. The predicted molar refractivity (Wildman–Crippen MR) is 105 cm³/mol. The van der Waals surface area contributed by atoms with Gasteiger partial charge in [-0.1, -0.05) is 24.6 Å². The minimum Gasteiger partial charge on any atom is -0.443 e. The van der Waals surface area contributed by atoms with Crippen LogP contribution in [-0.2, 0) is 4.74 Å². The van der Waals surface area contributed by atoms with E-state index in [4.69, 9.17) is 9.15 Å². The number of rotatable bonds is 7. The average molecular weight is 364 g/mol. The van der Waals surface area contributed by atoms with Crippen LogP contribution in [0.15, 0.2) is 53.3 Å². The van der Waals surface area contributed by atoms with Crippen molar-refractivity contribution >= 4 is 17.0 Å². The van der Waals surface area contributed by atoms with Crippen molar-refractivity contribution in [3.63, 3.8) is 0 Å². The maximum atomic E-state index is 12.7. The number of hydrogen-bond donors (Lipinski definition) is 1. The quantitative estimate of drug-likeness (QED) is 0.673. The summed E-state index contributed by atoms with van der Waals surface area (Å²) >= 11 is 0. The third kappa shape index (κ3) is 3.74. The Hall–Kier alpha value is -2.66. The van der Waals surface area contributed by atoms with Gasteiger partial charge in [0, 0.05) is 24.1 Å². The van der Waals surface area contributed by atoms with Gasteiger partial charge in [-0.3, -0.25) is 4.79 Å². The first-order valence-corrected chi connectivity index (χ1v) is 9.49. The summed E-state index contributed by atoms with van der Waals surface area (Å²) in [4.78, 5) is 16.9. The number of carbonyl (C=O) groups excluding carboxylic acids is 1. The van der Waals surface area contributed by atoms with Crippen LogP contribution < -0.4 is 5.32 Å². The molecule has 0 bridgehead atoms. The maximum Gasteiger partial charge on any atom is 0.251 e. The first-order chi connectivity index (χ1) is 13.2. The van der Waals surface area contributed by atoms with Crippen molar-refractivity contribution in [2.45, 2.75) is 26.2 Å². The molecule has 1 heterocycles. The molecule has 27 heavy (non-hydrogen) atoms. The molecule has 1 fully saturated rings. The lowest BCUT2D eigenvalue weighted by atomic mass is 9.69. The Bertz CT molecular complexity index is 943. The highest BCUT2D eigenvalue weighted by Gasteiger charge is 2.37. The molecule has 0 aliphatic heterocycles. The monoisotopic (exact) mass is 364 g/mol. The third-order valence-corrected chi connectivity index (χ3v) is 5.44. The molecule has 2 aromatic carbocycles. The molecule has 1 aliphatic carbocycles. The van der Waals surface area contributed by atoms with Crippen LogP contribution in [0.1, 0.15) is 36.5 Å². The highest BCUT2D eigenvalue weighted by molar-refractivity contribution is 5.95. The number of nitrogens with zero attached hydrogens (tertiary/aromatic N) is 1. The van der Waals surface area contributed by atoms with E-state index >= 15 is 0 Å². The smallest absolute Gasteiger partial charge is 0.251 e. The number of nitrogens with one attached hydrogen (secondary N) is 1. The summed E-state index contributed by atoms with van der Waals surface area (Å²) in [5.74, 6) is -0.0397. The number of aromatic nitrogens is 1. The summed E-state index contributed by atoms with van der Waals surface area (Å²) in [5, 5.41) is 3.11. The minimum atomic E-state index is -0.0397. The largest absolute Gasteiger partial charge is 0.443 e. The van der Waals surface area contributed by atoms with Crippen LogP contribution in [-0.4, -0.2) is 30.6 Å². The Morgan fingerprint density at radius 3 is 2.85 bits per heavy atom. The second-order valence-electron chi connectivity index (χ2n) is 7.29. The van der Waals surface area contributed by atoms with Gasteiger partial charge in [-0.25, -0.2) is 4.98 Å². The second-order valence-corrected chi connectivity index (χ2v) is 7.29. The number of carbonyl (C=O) groups is 1. The Labute approximate surface area is 158 Å². The van der Waals surface area contributed by atoms with Crippen LogP contribution in [0.3, 0.4) is 0 Å². The van der Waals surface area contributed by atoms with Crippen LogP contribution >= 0.6 is 0 Å². The summed E-state index contributed by atoms with van der Waals surface area (Å²) in [6, 6.07) is 13.5. The summed E-state index contributed by atoms with van der Waals surface area (Å²) in [5.41, 5.74) is 4.34. The van der Waals surface area contributed by atoms with E-state index < -0.39 is 0 Å². The molecule has 0 unspecified atom stereocenters. The van der Waals surface area contributed by atoms with Gasteiger partial charge >= 0.3 is 0 Å².